The molecule has 0 saturated heterocycles. The highest BCUT2D eigenvalue weighted by Crippen LogP contribution is 2.30. The molecular formula is C18H18FNO3S. The first-order valence-corrected chi connectivity index (χ1v) is 9.45. The third kappa shape index (κ3) is 3.48. The smallest absolute Gasteiger partial charge is 0.235 e. The summed E-state index contributed by atoms with van der Waals surface area (Å²) in [6.45, 7) is 0.116. The number of hydrogen-bond acceptors (Lipinski definition) is 3. The van der Waals surface area contributed by atoms with Gasteiger partial charge in [-0.3, -0.25) is 9.10 Å². The standard InChI is InChI=1S/C18H18FNO3S/c19-15-8-9-17-16(13-15)18(21)10-11-20(17)24(22,23)12-4-7-14-5-2-1-3-6-14/h1-3,5-6,8-9,13H,4,7,10-12H2. The Labute approximate surface area is 141 Å². The van der Waals surface area contributed by atoms with Crippen molar-refractivity contribution in [2.45, 2.75) is 19.3 Å². The van der Waals surface area contributed by atoms with Crippen LogP contribution in [-0.4, -0.2) is 26.5 Å². The molecule has 24 heavy (non-hydrogen) atoms. The molecule has 0 spiro atoms. The van der Waals surface area contributed by atoms with Crippen molar-refractivity contribution < 1.29 is 17.6 Å². The fourth-order valence-electron chi connectivity index (χ4n) is 2.91. The summed E-state index contributed by atoms with van der Waals surface area (Å²) in [6, 6.07) is 13.4. The van der Waals surface area contributed by atoms with Crippen LogP contribution < -0.4 is 4.31 Å². The molecule has 0 aliphatic carbocycles. The number of ketones is 1. The van der Waals surface area contributed by atoms with Crippen LogP contribution in [0.4, 0.5) is 10.1 Å². The third-order valence-corrected chi connectivity index (χ3v) is 5.97. The predicted molar refractivity (Wildman–Crippen MR) is 91.2 cm³/mol. The molecule has 0 unspecified atom stereocenters. The SMILES string of the molecule is O=C1CCN(S(=O)(=O)CCCc2ccccc2)c2ccc(F)cc21. The first-order valence-electron chi connectivity index (χ1n) is 7.84. The quantitative estimate of drug-likeness (QED) is 0.835. The molecule has 0 saturated carbocycles. The Morgan fingerprint density at radius 1 is 1.08 bits per heavy atom. The van der Waals surface area contributed by atoms with E-state index in [1.807, 2.05) is 30.3 Å². The highest BCUT2D eigenvalue weighted by molar-refractivity contribution is 7.92. The van der Waals surface area contributed by atoms with Crippen molar-refractivity contribution in [2.24, 2.45) is 0 Å². The maximum atomic E-state index is 13.4. The Kier molecular flexibility index (Phi) is 4.66. The monoisotopic (exact) mass is 347 g/mol. The second kappa shape index (κ2) is 6.73. The van der Waals surface area contributed by atoms with E-state index in [0.29, 0.717) is 12.8 Å². The van der Waals surface area contributed by atoms with E-state index in [0.717, 1.165) is 11.6 Å². The Balaban J connectivity index is 1.76. The number of benzene rings is 2. The van der Waals surface area contributed by atoms with Gasteiger partial charge in [0, 0.05) is 18.5 Å². The summed E-state index contributed by atoms with van der Waals surface area (Å²) in [5.41, 5.74) is 1.52. The van der Waals surface area contributed by atoms with E-state index < -0.39 is 15.8 Å². The summed E-state index contributed by atoms with van der Waals surface area (Å²) in [5, 5.41) is 0. The number of Topliss-reactive ketones (excluding diaryl/α,β-unsaturated/α-hetero) is 1. The van der Waals surface area contributed by atoms with Gasteiger partial charge in [-0.2, -0.15) is 0 Å². The number of hydrogen-bond donors (Lipinski definition) is 0. The molecule has 1 heterocycles. The molecule has 3 rings (SSSR count). The van der Waals surface area contributed by atoms with E-state index in [1.54, 1.807) is 0 Å². The molecule has 0 N–H and O–H groups in total. The zero-order valence-electron chi connectivity index (χ0n) is 13.1. The van der Waals surface area contributed by atoms with Gasteiger partial charge in [0.2, 0.25) is 10.0 Å². The van der Waals surface area contributed by atoms with Gasteiger partial charge in [-0.1, -0.05) is 30.3 Å². The lowest BCUT2D eigenvalue weighted by Gasteiger charge is -2.29. The lowest BCUT2D eigenvalue weighted by atomic mass is 10.0. The summed E-state index contributed by atoms with van der Waals surface area (Å²) >= 11 is 0. The van der Waals surface area contributed by atoms with Crippen molar-refractivity contribution in [3.05, 3.63) is 65.5 Å². The Hall–Kier alpha value is -2.21. The van der Waals surface area contributed by atoms with Crippen molar-refractivity contribution in [3.8, 4) is 0 Å². The summed E-state index contributed by atoms with van der Waals surface area (Å²) < 4.78 is 39.9. The summed E-state index contributed by atoms with van der Waals surface area (Å²) in [7, 11) is -3.54. The van der Waals surface area contributed by atoms with Crippen LogP contribution in [-0.2, 0) is 16.4 Å². The van der Waals surface area contributed by atoms with Crippen molar-refractivity contribution in [2.75, 3.05) is 16.6 Å². The zero-order chi connectivity index (χ0) is 17.2. The fraction of sp³-hybridized carbons (Fsp3) is 0.278. The number of carbonyl (C=O) groups excluding carboxylic acids is 1. The van der Waals surface area contributed by atoms with Gasteiger partial charge in [-0.05, 0) is 36.6 Å². The van der Waals surface area contributed by atoms with E-state index >= 15 is 0 Å². The van der Waals surface area contributed by atoms with Crippen LogP contribution in [0.25, 0.3) is 0 Å². The van der Waals surface area contributed by atoms with Crippen LogP contribution in [0.2, 0.25) is 0 Å². The van der Waals surface area contributed by atoms with E-state index in [2.05, 4.69) is 0 Å². The Bertz CT molecular complexity index is 850. The van der Waals surface area contributed by atoms with Crippen LogP contribution in [0.1, 0.15) is 28.8 Å². The van der Waals surface area contributed by atoms with Crippen LogP contribution in [0.3, 0.4) is 0 Å². The molecule has 126 valence electrons. The number of carbonyl (C=O) groups is 1. The lowest BCUT2D eigenvalue weighted by Crippen LogP contribution is -2.39. The van der Waals surface area contributed by atoms with Crippen LogP contribution in [0.5, 0.6) is 0 Å². The molecule has 0 atom stereocenters. The first kappa shape index (κ1) is 16.6. The normalized spacial score (nSPS) is 14.5. The summed E-state index contributed by atoms with van der Waals surface area (Å²) in [5.74, 6) is -0.766. The van der Waals surface area contributed by atoms with E-state index in [4.69, 9.17) is 0 Å². The fourth-order valence-corrected chi connectivity index (χ4v) is 4.47. The number of sulfonamides is 1. The van der Waals surface area contributed by atoms with E-state index in [-0.39, 0.29) is 35.8 Å². The third-order valence-electron chi connectivity index (χ3n) is 4.12. The Morgan fingerprint density at radius 2 is 1.83 bits per heavy atom. The molecule has 6 heteroatoms. The summed E-state index contributed by atoms with van der Waals surface area (Å²) in [4.78, 5) is 11.9. The zero-order valence-corrected chi connectivity index (χ0v) is 13.9. The summed E-state index contributed by atoms with van der Waals surface area (Å²) in [6.07, 6.45) is 1.24. The van der Waals surface area contributed by atoms with Crippen molar-refractivity contribution in [3.63, 3.8) is 0 Å². The van der Waals surface area contributed by atoms with Crippen molar-refractivity contribution in [1.29, 1.82) is 0 Å². The number of rotatable bonds is 5. The molecule has 0 aromatic heterocycles. The molecule has 0 radical (unpaired) electrons. The number of fused-ring (bicyclic) bond motifs is 1. The second-order valence-corrected chi connectivity index (χ2v) is 7.82. The van der Waals surface area contributed by atoms with Gasteiger partial charge in [0.05, 0.1) is 11.4 Å². The van der Waals surface area contributed by atoms with Gasteiger partial charge in [0.1, 0.15) is 5.82 Å². The molecule has 1 aliphatic rings. The predicted octanol–water partition coefficient (Wildman–Crippen LogP) is 3.18. The van der Waals surface area contributed by atoms with Gasteiger partial charge in [0.15, 0.2) is 5.78 Å². The Morgan fingerprint density at radius 3 is 2.58 bits per heavy atom. The van der Waals surface area contributed by atoms with Crippen molar-refractivity contribution >= 4 is 21.5 Å². The number of nitrogens with zero attached hydrogens (tertiary/aromatic N) is 1. The maximum absolute atomic E-state index is 13.4. The van der Waals surface area contributed by atoms with Gasteiger partial charge in [0.25, 0.3) is 0 Å². The minimum Gasteiger partial charge on any atom is -0.294 e. The number of halogens is 1. The number of anilines is 1. The molecule has 0 fully saturated rings. The molecule has 1 aliphatic heterocycles. The first-order chi connectivity index (χ1) is 11.5. The molecule has 0 bridgehead atoms. The van der Waals surface area contributed by atoms with Gasteiger partial charge in [-0.25, -0.2) is 12.8 Å². The highest BCUT2D eigenvalue weighted by atomic mass is 32.2. The maximum Gasteiger partial charge on any atom is 0.235 e. The highest BCUT2D eigenvalue weighted by Gasteiger charge is 2.31. The van der Waals surface area contributed by atoms with Gasteiger partial charge >= 0.3 is 0 Å². The number of aryl methyl sites for hydroxylation is 1. The lowest BCUT2D eigenvalue weighted by molar-refractivity contribution is 0.0981. The molecule has 4 nitrogen and oxygen atoms in total. The molecular weight excluding hydrogens is 329 g/mol. The van der Waals surface area contributed by atoms with E-state index in [1.165, 1.54) is 16.4 Å². The van der Waals surface area contributed by atoms with Crippen LogP contribution in [0.15, 0.2) is 48.5 Å². The molecule has 2 aromatic carbocycles. The van der Waals surface area contributed by atoms with Crippen LogP contribution >= 0.6 is 0 Å². The topological polar surface area (TPSA) is 54.5 Å². The largest absolute Gasteiger partial charge is 0.294 e. The molecule has 0 amide bonds. The average molecular weight is 347 g/mol. The van der Waals surface area contributed by atoms with Crippen molar-refractivity contribution in [1.82, 2.24) is 0 Å². The average Bonchev–Trinajstić information content (AvgIpc) is 2.56. The second-order valence-electron chi connectivity index (χ2n) is 5.81. The van der Waals surface area contributed by atoms with E-state index in [9.17, 15) is 17.6 Å². The minimum atomic E-state index is -3.54. The molecule has 2 aromatic rings. The minimum absolute atomic E-state index is 0.00704. The van der Waals surface area contributed by atoms with Crippen LogP contribution in [0, 0.1) is 5.82 Å². The van der Waals surface area contributed by atoms with Gasteiger partial charge < -0.3 is 0 Å². The van der Waals surface area contributed by atoms with Gasteiger partial charge in [-0.15, -0.1) is 0 Å².